The zero-order chi connectivity index (χ0) is 58.8. The second-order valence-electron chi connectivity index (χ2n) is 18.6. The Balaban J connectivity index is 0.000000191. The molecule has 0 radical (unpaired) electrons. The molecule has 0 aliphatic rings. The fourth-order valence-corrected chi connectivity index (χ4v) is 8.30. The fourth-order valence-electron chi connectivity index (χ4n) is 8.30. The Morgan fingerprint density at radius 3 is 0.711 bits per heavy atom. The maximum Gasteiger partial charge on any atom is 0.0886 e. The first-order valence-electron chi connectivity index (χ1n) is 26.4. The van der Waals surface area contributed by atoms with Crippen LogP contribution in [0.4, 0.5) is 0 Å². The average molecular weight is 1230 g/mol. The predicted octanol–water partition coefficient (Wildman–Crippen LogP) is 13.8. The van der Waals surface area contributed by atoms with Gasteiger partial charge in [-0.25, -0.2) is 0 Å². The number of carbonyl (C=O) groups is 4. The Morgan fingerprint density at radius 2 is 0.506 bits per heavy atom. The van der Waals surface area contributed by atoms with Crippen molar-refractivity contribution in [1.82, 2.24) is 51.2 Å². The minimum Gasteiger partial charge on any atom is -0.255 e. The van der Waals surface area contributed by atoms with Gasteiger partial charge in [-0.1, -0.05) is 133 Å². The van der Waals surface area contributed by atoms with Crippen molar-refractivity contribution < 1.29 is 34.3 Å². The van der Waals surface area contributed by atoms with Crippen molar-refractivity contribution in [3.8, 4) is 34.2 Å². The van der Waals surface area contributed by atoms with E-state index in [1.165, 1.54) is 0 Å². The predicted molar refractivity (Wildman–Crippen MR) is 323 cm³/mol. The molecule has 10 aromatic rings. The molecule has 4 aromatic carbocycles. The van der Waals surface area contributed by atoms with Crippen molar-refractivity contribution in [3.63, 3.8) is 0 Å². The molecule has 83 heavy (non-hydrogen) atoms. The number of amides is 4. The van der Waals surface area contributed by atoms with Gasteiger partial charge in [0.25, 0.3) is 23.6 Å². The molecule has 4 amide bonds. The summed E-state index contributed by atoms with van der Waals surface area (Å²) in [6.07, 6.45) is 9.83. The molecule has 17 heteroatoms. The number of pyridine rings is 6. The Labute approximate surface area is 499 Å². The second-order valence-corrected chi connectivity index (χ2v) is 21.3. The number of hydrogen-bond acceptors (Lipinski definition) is 10. The molecule has 0 fully saturated rings. The Hall–Kier alpha value is -9.14. The fraction of sp³-hybridized carbons (Fsp3) is 0.121. The van der Waals surface area contributed by atoms with E-state index >= 15 is 0 Å². The van der Waals surface area contributed by atoms with Crippen LogP contribution in [-0.4, -0.2) is 53.5 Å². The molecule has 4 atom stereocenters. The molecule has 0 saturated heterocycles. The van der Waals surface area contributed by atoms with Gasteiger partial charge in [0.2, 0.25) is 0 Å². The van der Waals surface area contributed by atoms with Crippen molar-refractivity contribution >= 4 is 43.0 Å². The molecule has 0 bridgehead atoms. The van der Waals surface area contributed by atoms with Gasteiger partial charge in [-0.2, -0.15) is 0 Å². The van der Waals surface area contributed by atoms with Crippen LogP contribution >= 0.6 is 19.4 Å². The van der Waals surface area contributed by atoms with Crippen LogP contribution in [0.5, 0.6) is 0 Å². The summed E-state index contributed by atoms with van der Waals surface area (Å²) in [4.78, 5) is 77.1. The summed E-state index contributed by atoms with van der Waals surface area (Å²) in [7, 11) is 9.71. The monoisotopic (exact) mass is 1230 g/mol. The van der Waals surface area contributed by atoms with Crippen LogP contribution in [0.25, 0.3) is 34.2 Å². The first kappa shape index (κ1) is 61.5. The Bertz CT molecular complexity index is 3200. The number of hydrogen-bond donors (Lipinski definition) is 4. The zero-order valence-electron chi connectivity index (χ0n) is 45.8. The van der Waals surface area contributed by atoms with Gasteiger partial charge in [-0.15, -0.1) is 0 Å². The summed E-state index contributed by atoms with van der Waals surface area (Å²) in [6.45, 7) is 7.76. The molecule has 4 N–H and O–H groups in total. The minimum atomic E-state index is -0.346. The van der Waals surface area contributed by atoms with Gasteiger partial charge in [-0.3, -0.25) is 49.1 Å². The Kier molecular flexibility index (Phi) is 24.0. The third-order valence-corrected chi connectivity index (χ3v) is 12.8. The summed E-state index contributed by atoms with van der Waals surface area (Å²) in [5.41, 5.74) is 9.90. The molecule has 420 valence electrons. The molecule has 0 saturated carbocycles. The molecule has 14 nitrogen and oxygen atoms in total. The number of nitrogens with one attached hydrogen (secondary N) is 4. The molecule has 10 rings (SSSR count). The van der Waals surface area contributed by atoms with Gasteiger partial charge in [0, 0.05) is 59.4 Å². The molecular weight excluding hydrogens is 1170 g/mol. The minimum absolute atomic E-state index is 0.137. The van der Waals surface area contributed by atoms with Crippen LogP contribution in [-0.2, 0) is 15.1 Å². The van der Waals surface area contributed by atoms with Crippen molar-refractivity contribution in [2.24, 2.45) is 0 Å². The van der Waals surface area contributed by atoms with E-state index in [0.29, 0.717) is 45.0 Å². The summed E-state index contributed by atoms with van der Waals surface area (Å²) < 4.78 is 0. The van der Waals surface area contributed by atoms with Crippen molar-refractivity contribution in [2.45, 2.75) is 51.9 Å². The van der Waals surface area contributed by atoms with Gasteiger partial charge in [-0.05, 0) is 123 Å². The molecule has 0 spiro atoms. The van der Waals surface area contributed by atoms with Gasteiger partial charge in [0.15, 0.2) is 0 Å². The third-order valence-electron chi connectivity index (χ3n) is 12.8. The van der Waals surface area contributed by atoms with Crippen molar-refractivity contribution in [1.29, 1.82) is 0 Å². The second kappa shape index (κ2) is 32.3. The third kappa shape index (κ3) is 19.0. The summed E-state index contributed by atoms with van der Waals surface area (Å²) in [5, 5.41) is 12.0. The quantitative estimate of drug-likeness (QED) is 0.0718. The molecule has 6 heterocycles. The number of nitrogens with zero attached hydrogens (tertiary/aromatic N) is 6. The van der Waals surface area contributed by atoms with E-state index < -0.39 is 0 Å². The number of halogens is 2. The van der Waals surface area contributed by atoms with E-state index in [9.17, 15) is 19.2 Å². The standard InChI is InChI=1S/2C28H26N4O2.C10H8N2.2ClH.Ru/c2*1-19(21-9-5-3-6-10-21)31-27(33)23-13-15-29-25(17-23)26-18-24(14-16-30-26)28(34)32-20(2)22-11-7-4-8-12-22;1-3-7-11-9(5-1)10-6-2-4-8-12-10;;;/h2*3-20H,1-2H3,(H,31,33)(H,32,34);1-8H;2*1H;/q;;;;;+2/p-2/t2*19-,20-;;;;/m00..../s1. The number of benzene rings is 4. The van der Waals surface area contributed by atoms with E-state index in [1.54, 1.807) is 85.7 Å². The van der Waals surface area contributed by atoms with Gasteiger partial charge >= 0.3 is 34.5 Å². The first-order chi connectivity index (χ1) is 40.4. The van der Waals surface area contributed by atoms with Crippen LogP contribution < -0.4 is 21.3 Å². The van der Waals surface area contributed by atoms with Crippen LogP contribution in [0, 0.1) is 0 Å². The molecule has 0 aliphatic carbocycles. The zero-order valence-corrected chi connectivity index (χ0v) is 49.1. The summed E-state index contributed by atoms with van der Waals surface area (Å²) >= 11 is -0.346. The van der Waals surface area contributed by atoms with Gasteiger partial charge in [0.1, 0.15) is 0 Å². The van der Waals surface area contributed by atoms with Crippen molar-refractivity contribution in [2.75, 3.05) is 0 Å². The molecule has 6 aromatic heterocycles. The SMILES string of the molecule is C[C@H](NC(=O)c1ccnc(-c2cc(C(=O)N[C@@H](C)c3ccccc3)ccn2)c1)c1ccccc1.C[C@H](NC(=O)c1ccnc(-c2cc(C(=O)N[C@@H](C)c3ccccc3)ccn2)c1)c1ccccc1.[Cl][Ru][Cl].c1ccc(-c2ccccn2)nc1. The molecular formula is C66H60Cl2N10O4Ru. The summed E-state index contributed by atoms with van der Waals surface area (Å²) in [5.74, 6) is -0.813. The largest absolute Gasteiger partial charge is 0.255 e. The van der Waals surface area contributed by atoms with Crippen molar-refractivity contribution in [3.05, 3.63) is 288 Å². The Morgan fingerprint density at radius 1 is 0.301 bits per heavy atom. The maximum atomic E-state index is 12.8. The normalized spacial score (nSPS) is 11.8. The molecule has 0 unspecified atom stereocenters. The number of aromatic nitrogens is 6. The topological polar surface area (TPSA) is 194 Å². The van der Waals surface area contributed by atoms with E-state index in [-0.39, 0.29) is 62.9 Å². The van der Waals surface area contributed by atoms with E-state index in [2.05, 4.69) is 51.2 Å². The molecule has 0 aliphatic heterocycles. The number of carbonyl (C=O) groups excluding carboxylic acids is 4. The number of rotatable bonds is 15. The van der Waals surface area contributed by atoms with E-state index in [0.717, 1.165) is 33.6 Å². The average Bonchev–Trinajstić information content (AvgIpc) is 3.54. The van der Waals surface area contributed by atoms with E-state index in [1.807, 2.05) is 185 Å². The van der Waals surface area contributed by atoms with Crippen LogP contribution in [0.3, 0.4) is 0 Å². The smallest absolute Gasteiger partial charge is 0.0886 e. The van der Waals surface area contributed by atoms with E-state index in [4.69, 9.17) is 19.4 Å². The van der Waals surface area contributed by atoms with Crippen LogP contribution in [0.15, 0.2) is 243 Å². The van der Waals surface area contributed by atoms with Crippen LogP contribution in [0.1, 0.15) is 116 Å². The first-order valence-corrected chi connectivity index (χ1v) is 30.8. The van der Waals surface area contributed by atoms with Gasteiger partial charge < -0.3 is 21.3 Å². The maximum absolute atomic E-state index is 12.8. The van der Waals surface area contributed by atoms with Crippen LogP contribution in [0.2, 0.25) is 0 Å². The van der Waals surface area contributed by atoms with Gasteiger partial charge in [0.05, 0.1) is 58.3 Å². The summed E-state index contributed by atoms with van der Waals surface area (Å²) in [6, 6.07) is 63.5.